The van der Waals surface area contributed by atoms with Crippen LogP contribution < -0.4 is 4.72 Å². The van der Waals surface area contributed by atoms with Gasteiger partial charge in [0.15, 0.2) is 0 Å². The van der Waals surface area contributed by atoms with Gasteiger partial charge in [-0.1, -0.05) is 18.2 Å². The van der Waals surface area contributed by atoms with E-state index in [1.165, 1.54) is 12.1 Å². The Morgan fingerprint density at radius 2 is 1.96 bits per heavy atom. The van der Waals surface area contributed by atoms with Gasteiger partial charge in [0.1, 0.15) is 0 Å². The maximum atomic E-state index is 13.1. The minimum atomic E-state index is -3.78. The van der Waals surface area contributed by atoms with Gasteiger partial charge in [0.2, 0.25) is 0 Å². The minimum absolute atomic E-state index is 0.0797. The van der Waals surface area contributed by atoms with Crippen LogP contribution in [-0.4, -0.2) is 44.5 Å². The molecule has 1 saturated heterocycles. The number of amides is 1. The average molecular weight is 401 g/mol. The van der Waals surface area contributed by atoms with Crippen LogP contribution in [0.3, 0.4) is 0 Å². The minimum Gasteiger partial charge on any atom is -0.374 e. The van der Waals surface area contributed by atoms with Crippen LogP contribution in [0.25, 0.3) is 0 Å². The molecule has 0 radical (unpaired) electrons. The first kappa shape index (κ1) is 19.0. The van der Waals surface area contributed by atoms with E-state index in [4.69, 9.17) is 4.74 Å². The molecule has 1 amide bonds. The van der Waals surface area contributed by atoms with E-state index in [2.05, 4.69) is 4.72 Å². The SMILES string of the molecule is Cc1cccc(NS(=O)(=O)c2cccc(C(=O)N3CCOC4CCCC43)c2)c1. The summed E-state index contributed by atoms with van der Waals surface area (Å²) >= 11 is 0. The third-order valence-corrected chi connectivity index (χ3v) is 6.78. The average Bonchev–Trinajstić information content (AvgIpc) is 3.16. The largest absolute Gasteiger partial charge is 0.374 e. The van der Waals surface area contributed by atoms with E-state index in [0.29, 0.717) is 24.4 Å². The molecule has 2 atom stereocenters. The Hall–Kier alpha value is -2.38. The fourth-order valence-corrected chi connectivity index (χ4v) is 5.16. The van der Waals surface area contributed by atoms with Crippen LogP contribution in [0.4, 0.5) is 5.69 Å². The Balaban J connectivity index is 1.57. The number of ether oxygens (including phenoxy) is 1. The highest BCUT2D eigenvalue weighted by molar-refractivity contribution is 7.92. The molecular weight excluding hydrogens is 376 g/mol. The van der Waals surface area contributed by atoms with Crippen molar-refractivity contribution in [3.63, 3.8) is 0 Å². The van der Waals surface area contributed by atoms with Crippen molar-refractivity contribution >= 4 is 21.6 Å². The molecule has 0 spiro atoms. The standard InChI is InChI=1S/C21H24N2O4S/c1-15-5-2-7-17(13-15)22-28(25,26)18-8-3-6-16(14-18)21(24)23-11-12-27-20-10-4-9-19(20)23/h2-3,5-8,13-14,19-20,22H,4,9-12H2,1H3. The quantitative estimate of drug-likeness (QED) is 0.855. The van der Waals surface area contributed by atoms with Gasteiger partial charge in [-0.05, 0) is 62.1 Å². The number of rotatable bonds is 4. The van der Waals surface area contributed by atoms with Crippen molar-refractivity contribution in [1.82, 2.24) is 4.90 Å². The number of carbonyl (C=O) groups excluding carboxylic acids is 1. The van der Waals surface area contributed by atoms with Crippen LogP contribution in [0.15, 0.2) is 53.4 Å². The molecular formula is C21H24N2O4S. The van der Waals surface area contributed by atoms with Gasteiger partial charge >= 0.3 is 0 Å². The molecule has 4 rings (SSSR count). The Kier molecular flexibility index (Phi) is 5.12. The number of sulfonamides is 1. The van der Waals surface area contributed by atoms with Crippen molar-refractivity contribution in [3.05, 3.63) is 59.7 Å². The van der Waals surface area contributed by atoms with Crippen molar-refractivity contribution in [3.8, 4) is 0 Å². The summed E-state index contributed by atoms with van der Waals surface area (Å²) in [4.78, 5) is 15.0. The molecule has 1 N–H and O–H groups in total. The van der Waals surface area contributed by atoms with Gasteiger partial charge in [-0.3, -0.25) is 9.52 Å². The molecule has 0 aromatic heterocycles. The lowest BCUT2D eigenvalue weighted by molar-refractivity contribution is -0.0445. The molecule has 7 heteroatoms. The second-order valence-corrected chi connectivity index (χ2v) is 9.09. The molecule has 0 bridgehead atoms. The molecule has 148 valence electrons. The fourth-order valence-electron chi connectivity index (χ4n) is 4.06. The summed E-state index contributed by atoms with van der Waals surface area (Å²) in [5, 5.41) is 0. The van der Waals surface area contributed by atoms with E-state index in [0.717, 1.165) is 24.8 Å². The number of nitrogens with zero attached hydrogens (tertiary/aromatic N) is 1. The molecule has 2 fully saturated rings. The number of nitrogens with one attached hydrogen (secondary N) is 1. The zero-order valence-electron chi connectivity index (χ0n) is 15.8. The number of hydrogen-bond acceptors (Lipinski definition) is 4. The monoisotopic (exact) mass is 400 g/mol. The number of morpholine rings is 1. The summed E-state index contributed by atoms with van der Waals surface area (Å²) in [6, 6.07) is 13.5. The fraction of sp³-hybridized carbons (Fsp3) is 0.381. The maximum absolute atomic E-state index is 13.1. The first-order valence-corrected chi connectivity index (χ1v) is 11.0. The third kappa shape index (κ3) is 3.77. The zero-order valence-corrected chi connectivity index (χ0v) is 16.6. The maximum Gasteiger partial charge on any atom is 0.261 e. The van der Waals surface area contributed by atoms with Crippen molar-refractivity contribution in [2.24, 2.45) is 0 Å². The summed E-state index contributed by atoms with van der Waals surface area (Å²) in [5.41, 5.74) is 1.85. The van der Waals surface area contributed by atoms with Crippen LogP contribution in [0, 0.1) is 6.92 Å². The second-order valence-electron chi connectivity index (χ2n) is 7.41. The van der Waals surface area contributed by atoms with Crippen LogP contribution in [0.1, 0.15) is 35.2 Å². The van der Waals surface area contributed by atoms with Crippen LogP contribution in [0.5, 0.6) is 0 Å². The summed E-state index contributed by atoms with van der Waals surface area (Å²) in [6.45, 7) is 2.97. The highest BCUT2D eigenvalue weighted by Gasteiger charge is 2.38. The Morgan fingerprint density at radius 1 is 1.14 bits per heavy atom. The van der Waals surface area contributed by atoms with Crippen molar-refractivity contribution in [1.29, 1.82) is 0 Å². The van der Waals surface area contributed by atoms with E-state index in [1.54, 1.807) is 30.3 Å². The van der Waals surface area contributed by atoms with Gasteiger partial charge in [0, 0.05) is 17.8 Å². The lowest BCUT2D eigenvalue weighted by atomic mass is 10.1. The number of benzene rings is 2. The van der Waals surface area contributed by atoms with E-state index in [-0.39, 0.29) is 22.9 Å². The molecule has 2 aliphatic rings. The number of hydrogen-bond donors (Lipinski definition) is 1. The molecule has 1 saturated carbocycles. The van der Waals surface area contributed by atoms with Gasteiger partial charge in [0.25, 0.3) is 15.9 Å². The number of fused-ring (bicyclic) bond motifs is 1. The van der Waals surface area contributed by atoms with Crippen LogP contribution in [-0.2, 0) is 14.8 Å². The lowest BCUT2D eigenvalue weighted by Crippen LogP contribution is -2.51. The molecule has 1 aliphatic heterocycles. The zero-order chi connectivity index (χ0) is 19.7. The van der Waals surface area contributed by atoms with Gasteiger partial charge in [-0.25, -0.2) is 8.42 Å². The number of anilines is 1. The van der Waals surface area contributed by atoms with Gasteiger partial charge in [-0.2, -0.15) is 0 Å². The van der Waals surface area contributed by atoms with Gasteiger partial charge < -0.3 is 9.64 Å². The van der Waals surface area contributed by atoms with E-state index >= 15 is 0 Å². The lowest BCUT2D eigenvalue weighted by Gasteiger charge is -2.37. The highest BCUT2D eigenvalue weighted by Crippen LogP contribution is 2.31. The molecule has 2 unspecified atom stereocenters. The van der Waals surface area contributed by atoms with Crippen molar-refractivity contribution < 1.29 is 17.9 Å². The predicted octanol–water partition coefficient (Wildman–Crippen LogP) is 3.19. The van der Waals surface area contributed by atoms with E-state index < -0.39 is 10.0 Å². The first-order chi connectivity index (χ1) is 13.4. The normalized spacial score (nSPS) is 22.0. The summed E-state index contributed by atoms with van der Waals surface area (Å²) in [6.07, 6.45) is 3.06. The van der Waals surface area contributed by atoms with Crippen molar-refractivity contribution in [2.45, 2.75) is 43.2 Å². The molecule has 2 aromatic carbocycles. The highest BCUT2D eigenvalue weighted by atomic mass is 32.2. The second kappa shape index (κ2) is 7.56. The summed E-state index contributed by atoms with van der Waals surface area (Å²) in [7, 11) is -3.78. The van der Waals surface area contributed by atoms with Crippen LogP contribution in [0.2, 0.25) is 0 Å². The van der Waals surface area contributed by atoms with Crippen molar-refractivity contribution in [2.75, 3.05) is 17.9 Å². The summed E-state index contributed by atoms with van der Waals surface area (Å²) in [5.74, 6) is -0.132. The van der Waals surface area contributed by atoms with E-state index in [1.807, 2.05) is 17.9 Å². The topological polar surface area (TPSA) is 75.7 Å². The molecule has 1 aliphatic carbocycles. The number of carbonyl (C=O) groups is 1. The van der Waals surface area contributed by atoms with Gasteiger partial charge in [0.05, 0.1) is 23.6 Å². The summed E-state index contributed by atoms with van der Waals surface area (Å²) < 4.78 is 33.9. The molecule has 28 heavy (non-hydrogen) atoms. The Bertz CT molecular complexity index is 989. The molecule has 6 nitrogen and oxygen atoms in total. The molecule has 2 aromatic rings. The Morgan fingerprint density at radius 3 is 2.79 bits per heavy atom. The molecule has 1 heterocycles. The predicted molar refractivity (Wildman–Crippen MR) is 107 cm³/mol. The van der Waals surface area contributed by atoms with Crippen LogP contribution >= 0.6 is 0 Å². The third-order valence-electron chi connectivity index (χ3n) is 5.40. The number of aryl methyl sites for hydroxylation is 1. The smallest absolute Gasteiger partial charge is 0.261 e. The van der Waals surface area contributed by atoms with E-state index in [9.17, 15) is 13.2 Å². The van der Waals surface area contributed by atoms with Gasteiger partial charge in [-0.15, -0.1) is 0 Å². The Labute approximate surface area is 165 Å². The first-order valence-electron chi connectivity index (χ1n) is 9.56.